The van der Waals surface area contributed by atoms with Crippen molar-refractivity contribution in [3.8, 4) is 5.75 Å². The highest BCUT2D eigenvalue weighted by molar-refractivity contribution is 5.99. The molecule has 0 bridgehead atoms. The first-order valence-electron chi connectivity index (χ1n) is 9.21. The maximum Gasteiger partial charge on any atom is 0.573 e. The van der Waals surface area contributed by atoms with Crippen molar-refractivity contribution in [2.75, 3.05) is 36.8 Å². The molecule has 13 heteroatoms. The fraction of sp³-hybridized carbons (Fsp3) is 0.333. The summed E-state index contributed by atoms with van der Waals surface area (Å²) in [6.07, 6.45) is -3.91. The number of anilines is 2. The van der Waals surface area contributed by atoms with E-state index in [-0.39, 0.29) is 29.5 Å². The van der Waals surface area contributed by atoms with Crippen LogP contribution in [0.5, 0.6) is 5.75 Å². The lowest BCUT2D eigenvalue weighted by molar-refractivity contribution is -0.274. The molecule has 0 radical (unpaired) electrons. The van der Waals surface area contributed by atoms with E-state index in [9.17, 15) is 27.6 Å². The Balaban J connectivity index is 1.62. The lowest BCUT2D eigenvalue weighted by Crippen LogP contribution is -2.47. The van der Waals surface area contributed by atoms with E-state index >= 15 is 0 Å². The molecule has 1 aromatic carbocycles. The summed E-state index contributed by atoms with van der Waals surface area (Å²) < 4.78 is 41.3. The van der Waals surface area contributed by atoms with Crippen molar-refractivity contribution in [2.24, 2.45) is 0 Å². The van der Waals surface area contributed by atoms with E-state index in [0.717, 1.165) is 12.3 Å². The number of H-pyrrole nitrogens is 1. The van der Waals surface area contributed by atoms with Gasteiger partial charge in [-0.25, -0.2) is 9.78 Å². The number of hydrogen-bond donors (Lipinski definition) is 4. The molecule has 166 valence electrons. The summed E-state index contributed by atoms with van der Waals surface area (Å²) >= 11 is 0. The highest BCUT2D eigenvalue weighted by Gasteiger charge is 2.32. The molecule has 31 heavy (non-hydrogen) atoms. The number of urea groups is 1. The molecule has 2 aromatic rings. The van der Waals surface area contributed by atoms with E-state index in [1.54, 1.807) is 4.90 Å². The minimum absolute atomic E-state index is 0.124. The Morgan fingerprint density at radius 1 is 1.16 bits per heavy atom. The molecule has 0 atom stereocenters. The first kappa shape index (κ1) is 22.1. The first-order chi connectivity index (χ1) is 14.7. The van der Waals surface area contributed by atoms with Crippen molar-refractivity contribution < 1.29 is 27.5 Å². The third-order valence-corrected chi connectivity index (χ3v) is 4.28. The molecule has 3 amide bonds. The average Bonchev–Trinajstić information content (AvgIpc) is 2.71. The van der Waals surface area contributed by atoms with Crippen molar-refractivity contribution in [1.29, 1.82) is 0 Å². The van der Waals surface area contributed by atoms with Gasteiger partial charge in [0.25, 0.3) is 5.56 Å². The Bertz CT molecular complexity index is 1000. The van der Waals surface area contributed by atoms with E-state index in [1.165, 1.54) is 18.2 Å². The SMILES string of the molecule is O=C(Nc1ncc(CC(=O)N2CCNCC2)c(=O)[nH]1)Nc1ccccc1OC(F)(F)F. The van der Waals surface area contributed by atoms with Crippen LogP contribution in [0.4, 0.5) is 29.6 Å². The summed E-state index contributed by atoms with van der Waals surface area (Å²) in [6.45, 7) is 2.44. The second-order valence-corrected chi connectivity index (χ2v) is 6.52. The molecule has 1 saturated heterocycles. The zero-order chi connectivity index (χ0) is 22.4. The Kier molecular flexibility index (Phi) is 6.74. The van der Waals surface area contributed by atoms with Crippen molar-refractivity contribution >= 4 is 23.6 Å². The number of nitrogens with one attached hydrogen (secondary N) is 4. The molecule has 0 unspecified atom stereocenters. The molecule has 0 saturated carbocycles. The number of alkyl halides is 3. The topological polar surface area (TPSA) is 128 Å². The van der Waals surface area contributed by atoms with Gasteiger partial charge in [0.05, 0.1) is 12.1 Å². The molecule has 1 aliphatic rings. The monoisotopic (exact) mass is 440 g/mol. The first-order valence-corrected chi connectivity index (χ1v) is 9.21. The normalized spacial score (nSPS) is 14.1. The predicted octanol–water partition coefficient (Wildman–Crippen LogP) is 1.29. The van der Waals surface area contributed by atoms with Crippen LogP contribution in [-0.4, -0.2) is 59.3 Å². The minimum Gasteiger partial charge on any atom is -0.404 e. The van der Waals surface area contributed by atoms with Gasteiger partial charge in [-0.05, 0) is 12.1 Å². The standard InChI is InChI=1S/C18H19F3N6O4/c19-18(20,21)31-13-4-2-1-3-12(13)24-17(30)26-16-23-10-11(15(29)25-16)9-14(28)27-7-5-22-6-8-27/h1-4,10,22H,5-9H2,(H3,23,24,25,26,29,30). The number of rotatable bonds is 5. The number of halogens is 3. The minimum atomic E-state index is -4.93. The van der Waals surface area contributed by atoms with Gasteiger partial charge in [0, 0.05) is 37.9 Å². The van der Waals surface area contributed by atoms with Crippen LogP contribution in [0.3, 0.4) is 0 Å². The second-order valence-electron chi connectivity index (χ2n) is 6.52. The van der Waals surface area contributed by atoms with Crippen molar-refractivity contribution in [2.45, 2.75) is 12.8 Å². The third kappa shape index (κ3) is 6.44. The predicted molar refractivity (Wildman–Crippen MR) is 104 cm³/mol. The van der Waals surface area contributed by atoms with E-state index in [4.69, 9.17) is 0 Å². The molecule has 10 nitrogen and oxygen atoms in total. The number of amides is 3. The largest absolute Gasteiger partial charge is 0.573 e. The Hall–Kier alpha value is -3.61. The highest BCUT2D eigenvalue weighted by atomic mass is 19.4. The number of aromatic nitrogens is 2. The van der Waals surface area contributed by atoms with Gasteiger partial charge in [0.15, 0.2) is 5.75 Å². The van der Waals surface area contributed by atoms with E-state index in [0.29, 0.717) is 26.2 Å². The smallest absolute Gasteiger partial charge is 0.404 e. The molecule has 0 aliphatic carbocycles. The van der Waals surface area contributed by atoms with Crippen LogP contribution in [0.2, 0.25) is 0 Å². The summed E-state index contributed by atoms with van der Waals surface area (Å²) in [4.78, 5) is 44.4. The number of ether oxygens (including phenoxy) is 1. The number of aromatic amines is 1. The van der Waals surface area contributed by atoms with Crippen molar-refractivity contribution in [3.63, 3.8) is 0 Å². The van der Waals surface area contributed by atoms with Crippen LogP contribution in [0.25, 0.3) is 0 Å². The van der Waals surface area contributed by atoms with Crippen molar-refractivity contribution in [1.82, 2.24) is 20.2 Å². The summed E-state index contributed by atoms with van der Waals surface area (Å²) in [5.74, 6) is -1.06. The van der Waals surface area contributed by atoms with Gasteiger partial charge < -0.3 is 20.3 Å². The summed E-state index contributed by atoms with van der Waals surface area (Å²) in [5.41, 5.74) is -0.731. The molecule has 4 N–H and O–H groups in total. The van der Waals surface area contributed by atoms with Gasteiger partial charge >= 0.3 is 12.4 Å². The van der Waals surface area contributed by atoms with Gasteiger partial charge in [-0.2, -0.15) is 0 Å². The van der Waals surface area contributed by atoms with Crippen LogP contribution < -0.4 is 26.2 Å². The van der Waals surface area contributed by atoms with Crippen LogP contribution in [0, 0.1) is 0 Å². The fourth-order valence-electron chi connectivity index (χ4n) is 2.84. The van der Waals surface area contributed by atoms with Crippen LogP contribution in [-0.2, 0) is 11.2 Å². The number of para-hydroxylation sites is 2. The van der Waals surface area contributed by atoms with Gasteiger partial charge in [-0.15, -0.1) is 13.2 Å². The van der Waals surface area contributed by atoms with Crippen LogP contribution >= 0.6 is 0 Å². The summed E-state index contributed by atoms with van der Waals surface area (Å²) in [6, 6.07) is 4.01. The molecule has 2 heterocycles. The number of carbonyl (C=O) groups excluding carboxylic acids is 2. The van der Waals surface area contributed by atoms with Crippen LogP contribution in [0.1, 0.15) is 5.56 Å². The lowest BCUT2D eigenvalue weighted by atomic mass is 10.2. The Morgan fingerprint density at radius 3 is 2.55 bits per heavy atom. The number of hydrogen-bond acceptors (Lipinski definition) is 6. The van der Waals surface area contributed by atoms with Gasteiger partial charge in [0.2, 0.25) is 11.9 Å². The summed E-state index contributed by atoms with van der Waals surface area (Å²) in [7, 11) is 0. The Morgan fingerprint density at radius 2 is 1.87 bits per heavy atom. The quantitative estimate of drug-likeness (QED) is 0.555. The van der Waals surface area contributed by atoms with Crippen molar-refractivity contribution in [3.05, 3.63) is 46.4 Å². The van der Waals surface area contributed by atoms with Gasteiger partial charge in [0.1, 0.15) is 0 Å². The number of benzene rings is 1. The Labute approximate surface area is 173 Å². The van der Waals surface area contributed by atoms with Gasteiger partial charge in [-0.1, -0.05) is 12.1 Å². The van der Waals surface area contributed by atoms with Gasteiger partial charge in [-0.3, -0.25) is 19.9 Å². The maximum absolute atomic E-state index is 12.5. The second kappa shape index (κ2) is 9.47. The van der Waals surface area contributed by atoms with E-state index in [1.807, 2.05) is 0 Å². The number of piperazine rings is 1. The molecular formula is C18H19F3N6O4. The lowest BCUT2D eigenvalue weighted by Gasteiger charge is -2.27. The molecule has 3 rings (SSSR count). The molecule has 0 spiro atoms. The zero-order valence-electron chi connectivity index (χ0n) is 16.1. The molecule has 1 fully saturated rings. The molecule has 1 aliphatic heterocycles. The number of carbonyl (C=O) groups is 2. The van der Waals surface area contributed by atoms with E-state index in [2.05, 4.69) is 30.7 Å². The molecular weight excluding hydrogens is 421 g/mol. The van der Waals surface area contributed by atoms with E-state index < -0.39 is 23.7 Å². The average molecular weight is 440 g/mol. The fourth-order valence-corrected chi connectivity index (χ4v) is 2.84. The summed E-state index contributed by atoms with van der Waals surface area (Å²) in [5, 5.41) is 7.51. The zero-order valence-corrected chi connectivity index (χ0v) is 16.1. The van der Waals surface area contributed by atoms with Crippen LogP contribution in [0.15, 0.2) is 35.3 Å². The number of nitrogens with zero attached hydrogens (tertiary/aromatic N) is 2. The maximum atomic E-state index is 12.5. The molecule has 1 aromatic heterocycles. The highest BCUT2D eigenvalue weighted by Crippen LogP contribution is 2.29. The third-order valence-electron chi connectivity index (χ3n) is 4.28.